The van der Waals surface area contributed by atoms with E-state index in [4.69, 9.17) is 0 Å². The number of aromatic nitrogens is 2. The summed E-state index contributed by atoms with van der Waals surface area (Å²) in [5, 5.41) is 4.17. The van der Waals surface area contributed by atoms with Crippen molar-refractivity contribution in [2.45, 2.75) is 54.0 Å². The lowest BCUT2D eigenvalue weighted by atomic mass is 9.93. The van der Waals surface area contributed by atoms with Crippen LogP contribution in [0.25, 0.3) is 0 Å². The van der Waals surface area contributed by atoms with Gasteiger partial charge in [0, 0.05) is 12.1 Å². The molecular weight excluding hydrogens is 490 g/mol. The van der Waals surface area contributed by atoms with Crippen LogP contribution in [0.3, 0.4) is 0 Å². The van der Waals surface area contributed by atoms with Crippen molar-refractivity contribution in [2.75, 3.05) is 0 Å². The van der Waals surface area contributed by atoms with Crippen LogP contribution in [-0.2, 0) is 22.2 Å². The van der Waals surface area contributed by atoms with E-state index in [0.717, 1.165) is 0 Å². The van der Waals surface area contributed by atoms with Crippen molar-refractivity contribution in [3.8, 4) is 0 Å². The number of carbonyl (C=O) groups excluding carboxylic acids is 1. The molecule has 1 amide bonds. The van der Waals surface area contributed by atoms with Crippen molar-refractivity contribution in [3.05, 3.63) is 47.0 Å². The SMILES string of the molecule is O=C(NC1CCC(F)(S(=O)(=O)c2cc(F)cc(C(F)(F)F)c2)CC1)c1cc(C(F)(F)F)[nH]n1. The van der Waals surface area contributed by atoms with Crippen molar-refractivity contribution in [2.24, 2.45) is 0 Å². The van der Waals surface area contributed by atoms with Gasteiger partial charge in [-0.1, -0.05) is 0 Å². The van der Waals surface area contributed by atoms with E-state index in [1.54, 1.807) is 5.10 Å². The minimum absolute atomic E-state index is 0.0790. The Morgan fingerprint density at radius 1 is 1.03 bits per heavy atom. The fourth-order valence-electron chi connectivity index (χ4n) is 3.40. The Morgan fingerprint density at radius 2 is 1.64 bits per heavy atom. The van der Waals surface area contributed by atoms with Gasteiger partial charge in [0.25, 0.3) is 5.91 Å². The first-order valence-corrected chi connectivity index (χ1v) is 10.8. The number of hydrogen-bond acceptors (Lipinski definition) is 4. The maximum absolute atomic E-state index is 15.3. The molecule has 1 saturated carbocycles. The van der Waals surface area contributed by atoms with Gasteiger partial charge in [0.05, 0.1) is 10.5 Å². The summed E-state index contributed by atoms with van der Waals surface area (Å²) < 4.78 is 131. The van der Waals surface area contributed by atoms with Crippen LogP contribution in [0, 0.1) is 5.82 Å². The third-order valence-electron chi connectivity index (χ3n) is 5.17. The van der Waals surface area contributed by atoms with E-state index in [-0.39, 0.29) is 31.0 Å². The number of halogens is 8. The lowest BCUT2D eigenvalue weighted by Crippen LogP contribution is -2.45. The van der Waals surface area contributed by atoms with E-state index in [0.29, 0.717) is 6.07 Å². The number of hydrogen-bond donors (Lipinski definition) is 2. The zero-order valence-corrected chi connectivity index (χ0v) is 17.1. The molecule has 33 heavy (non-hydrogen) atoms. The first-order valence-electron chi connectivity index (χ1n) is 9.28. The highest BCUT2D eigenvalue weighted by Crippen LogP contribution is 2.42. The molecule has 0 radical (unpaired) electrons. The number of rotatable bonds is 4. The second-order valence-electron chi connectivity index (χ2n) is 7.47. The van der Waals surface area contributed by atoms with Crippen LogP contribution >= 0.6 is 0 Å². The van der Waals surface area contributed by atoms with E-state index in [1.165, 1.54) is 0 Å². The number of nitrogens with one attached hydrogen (secondary N) is 2. The van der Waals surface area contributed by atoms with Gasteiger partial charge < -0.3 is 5.32 Å². The average molecular weight is 505 g/mol. The molecule has 1 aliphatic carbocycles. The lowest BCUT2D eigenvalue weighted by molar-refractivity contribution is -0.141. The van der Waals surface area contributed by atoms with Crippen LogP contribution in [-0.4, -0.2) is 35.6 Å². The van der Waals surface area contributed by atoms with Crippen molar-refractivity contribution in [1.82, 2.24) is 15.5 Å². The smallest absolute Gasteiger partial charge is 0.348 e. The molecule has 1 aromatic heterocycles. The molecule has 0 unspecified atom stereocenters. The van der Waals surface area contributed by atoms with E-state index in [9.17, 15) is 43.9 Å². The Labute approximate surface area is 181 Å². The van der Waals surface area contributed by atoms with Gasteiger partial charge in [0.15, 0.2) is 5.69 Å². The summed E-state index contributed by atoms with van der Waals surface area (Å²) in [5.41, 5.74) is -3.45. The minimum atomic E-state index is -5.06. The molecule has 15 heteroatoms. The molecule has 0 spiro atoms. The maximum atomic E-state index is 15.3. The number of sulfone groups is 1. The summed E-state index contributed by atoms with van der Waals surface area (Å²) in [6.07, 6.45) is -11.9. The molecule has 2 aromatic rings. The summed E-state index contributed by atoms with van der Waals surface area (Å²) in [6, 6.07) is 0.139. The Kier molecular flexibility index (Phi) is 6.23. The van der Waals surface area contributed by atoms with Crippen molar-refractivity contribution in [1.29, 1.82) is 0 Å². The molecule has 0 saturated heterocycles. The summed E-state index contributed by atoms with van der Waals surface area (Å²) in [6.45, 7) is 0. The molecule has 0 bridgehead atoms. The molecule has 1 fully saturated rings. The highest BCUT2D eigenvalue weighted by molar-refractivity contribution is 7.92. The zero-order chi connectivity index (χ0) is 24.8. The van der Waals surface area contributed by atoms with Gasteiger partial charge in [-0.3, -0.25) is 9.89 Å². The highest BCUT2D eigenvalue weighted by Gasteiger charge is 2.49. The number of alkyl halides is 7. The average Bonchev–Trinajstić information content (AvgIpc) is 3.19. The summed E-state index contributed by atoms with van der Waals surface area (Å²) in [4.78, 5) is 10.9. The molecule has 1 aliphatic rings. The van der Waals surface area contributed by atoms with Gasteiger partial charge in [0.1, 0.15) is 11.5 Å². The van der Waals surface area contributed by atoms with Gasteiger partial charge in [0.2, 0.25) is 14.8 Å². The third-order valence-corrected chi connectivity index (χ3v) is 7.40. The van der Waals surface area contributed by atoms with Crippen LogP contribution < -0.4 is 5.32 Å². The standard InChI is InChI=1S/C18H15F8N3O3S/c19-10-5-9(17(21,22)23)6-12(7-10)33(31,32)16(20)3-1-11(2-4-16)27-15(30)13-8-14(29-28-13)18(24,25)26/h5-8,11H,1-4H2,(H,27,30)(H,28,29). The Balaban J connectivity index is 1.72. The number of benzene rings is 1. The van der Waals surface area contributed by atoms with Gasteiger partial charge in [-0.05, 0) is 43.9 Å². The number of nitrogens with zero attached hydrogens (tertiary/aromatic N) is 1. The first-order chi connectivity index (χ1) is 15.0. The van der Waals surface area contributed by atoms with E-state index < -0.39 is 79.6 Å². The molecule has 182 valence electrons. The van der Waals surface area contributed by atoms with Crippen LogP contribution in [0.15, 0.2) is 29.2 Å². The molecule has 6 nitrogen and oxygen atoms in total. The van der Waals surface area contributed by atoms with Crippen LogP contribution in [0.4, 0.5) is 35.1 Å². The lowest BCUT2D eigenvalue weighted by Gasteiger charge is -2.33. The normalized spacial score (nSPS) is 22.2. The number of H-pyrrole nitrogens is 1. The molecule has 1 aromatic carbocycles. The summed E-state index contributed by atoms with van der Waals surface area (Å²) in [5.74, 6) is -2.52. The fourth-order valence-corrected chi connectivity index (χ4v) is 5.14. The van der Waals surface area contributed by atoms with Gasteiger partial charge in [-0.2, -0.15) is 31.4 Å². The highest BCUT2D eigenvalue weighted by atomic mass is 32.2. The second kappa shape index (κ2) is 8.25. The van der Waals surface area contributed by atoms with Gasteiger partial charge >= 0.3 is 12.4 Å². The Hall–Kier alpha value is -2.71. The molecular formula is C18H15F8N3O3S. The molecule has 3 rings (SSSR count). The fraction of sp³-hybridized carbons (Fsp3) is 0.444. The number of amides is 1. The second-order valence-corrected chi connectivity index (χ2v) is 9.68. The topological polar surface area (TPSA) is 91.9 Å². The van der Waals surface area contributed by atoms with Crippen LogP contribution in [0.5, 0.6) is 0 Å². The predicted octanol–water partition coefficient (Wildman–Crippen LogP) is 4.40. The predicted molar refractivity (Wildman–Crippen MR) is 95.7 cm³/mol. The zero-order valence-electron chi connectivity index (χ0n) is 16.3. The molecule has 2 N–H and O–H groups in total. The number of carbonyl (C=O) groups is 1. The Bertz CT molecular complexity index is 1150. The monoisotopic (exact) mass is 505 g/mol. The summed E-state index contributed by atoms with van der Waals surface area (Å²) in [7, 11) is -5.05. The third kappa shape index (κ3) is 5.12. The minimum Gasteiger partial charge on any atom is -0.348 e. The van der Waals surface area contributed by atoms with E-state index >= 15 is 4.39 Å². The molecule has 0 atom stereocenters. The maximum Gasteiger partial charge on any atom is 0.432 e. The number of aromatic amines is 1. The van der Waals surface area contributed by atoms with Gasteiger partial charge in [-0.25, -0.2) is 17.2 Å². The van der Waals surface area contributed by atoms with E-state index in [2.05, 4.69) is 10.4 Å². The molecule has 1 heterocycles. The Morgan fingerprint density at radius 3 is 2.15 bits per heavy atom. The van der Waals surface area contributed by atoms with Gasteiger partial charge in [-0.15, -0.1) is 0 Å². The van der Waals surface area contributed by atoms with Crippen molar-refractivity contribution in [3.63, 3.8) is 0 Å². The first kappa shape index (κ1) is 24.9. The van der Waals surface area contributed by atoms with Crippen molar-refractivity contribution >= 4 is 15.7 Å². The van der Waals surface area contributed by atoms with Crippen LogP contribution in [0.1, 0.15) is 47.4 Å². The van der Waals surface area contributed by atoms with Crippen molar-refractivity contribution < 1.29 is 48.3 Å². The quantitative estimate of drug-likeness (QED) is 0.603. The largest absolute Gasteiger partial charge is 0.432 e. The molecule has 0 aliphatic heterocycles. The summed E-state index contributed by atoms with van der Waals surface area (Å²) >= 11 is 0. The van der Waals surface area contributed by atoms with Crippen LogP contribution in [0.2, 0.25) is 0 Å². The van der Waals surface area contributed by atoms with E-state index in [1.807, 2.05) is 0 Å².